The van der Waals surface area contributed by atoms with E-state index in [4.69, 9.17) is 11.6 Å². The topological polar surface area (TPSA) is 54.9 Å². The van der Waals surface area contributed by atoms with Crippen molar-refractivity contribution in [2.75, 3.05) is 0 Å². The summed E-state index contributed by atoms with van der Waals surface area (Å²) in [5, 5.41) is -0.793. The number of rotatable bonds is 1. The minimum absolute atomic E-state index is 0.125. The molecule has 0 radical (unpaired) electrons. The van der Waals surface area contributed by atoms with Crippen LogP contribution in [0.25, 0.3) is 5.69 Å². The average Bonchev–Trinajstić information content (AvgIpc) is 2.32. The molecule has 1 aromatic heterocycles. The molecule has 0 fully saturated rings. The number of aromatic amines is 1. The van der Waals surface area contributed by atoms with Crippen molar-refractivity contribution in [3.8, 4) is 5.69 Å². The van der Waals surface area contributed by atoms with E-state index in [1.807, 2.05) is 0 Å². The van der Waals surface area contributed by atoms with Crippen LogP contribution in [0.2, 0.25) is 5.15 Å². The van der Waals surface area contributed by atoms with Crippen LogP contribution in [-0.4, -0.2) is 9.55 Å². The summed E-state index contributed by atoms with van der Waals surface area (Å²) < 4.78 is 39.8. The normalized spacial score (nSPS) is 10.7. The van der Waals surface area contributed by atoms with Crippen molar-refractivity contribution in [2.24, 2.45) is 0 Å². The molecule has 0 aliphatic rings. The lowest BCUT2D eigenvalue weighted by Gasteiger charge is -2.06. The van der Waals surface area contributed by atoms with Gasteiger partial charge in [-0.25, -0.2) is 18.1 Å². The first-order chi connectivity index (χ1) is 8.43. The van der Waals surface area contributed by atoms with E-state index < -0.39 is 39.5 Å². The highest BCUT2D eigenvalue weighted by Gasteiger charge is 2.17. The summed E-state index contributed by atoms with van der Waals surface area (Å²) in [6.07, 6.45) is 0. The number of nitrogens with zero attached hydrogens (tertiary/aromatic N) is 1. The lowest BCUT2D eigenvalue weighted by atomic mass is 10.3. The lowest BCUT2D eigenvalue weighted by Crippen LogP contribution is -2.36. The molecule has 0 saturated heterocycles. The first-order valence-electron chi connectivity index (χ1n) is 4.58. The van der Waals surface area contributed by atoms with Gasteiger partial charge in [0.2, 0.25) is 5.82 Å². The van der Waals surface area contributed by atoms with Crippen molar-refractivity contribution in [3.63, 3.8) is 0 Å². The zero-order chi connectivity index (χ0) is 13.4. The highest BCUT2D eigenvalue weighted by molar-refractivity contribution is 6.29. The van der Waals surface area contributed by atoms with Crippen LogP contribution in [-0.2, 0) is 0 Å². The smallest absolute Gasteiger partial charge is 0.295 e. The first kappa shape index (κ1) is 12.4. The van der Waals surface area contributed by atoms with E-state index in [0.717, 1.165) is 18.2 Å². The molecule has 2 aromatic rings. The maximum Gasteiger partial charge on any atom is 0.334 e. The molecule has 0 aliphatic heterocycles. The zero-order valence-corrected chi connectivity index (χ0v) is 9.26. The van der Waals surface area contributed by atoms with Crippen LogP contribution < -0.4 is 11.2 Å². The minimum Gasteiger partial charge on any atom is -0.295 e. The number of H-pyrrole nitrogens is 1. The Morgan fingerprint density at radius 3 is 2.44 bits per heavy atom. The fourth-order valence-corrected chi connectivity index (χ4v) is 1.53. The van der Waals surface area contributed by atoms with Crippen molar-refractivity contribution in [1.29, 1.82) is 0 Å². The second-order valence-corrected chi connectivity index (χ2v) is 3.65. The van der Waals surface area contributed by atoms with Crippen molar-refractivity contribution in [3.05, 3.63) is 61.6 Å². The Bertz CT molecular complexity index is 739. The third-order valence-electron chi connectivity index (χ3n) is 2.18. The molecule has 8 heteroatoms. The van der Waals surface area contributed by atoms with Gasteiger partial charge in [0.25, 0.3) is 5.56 Å². The molecule has 0 spiro atoms. The van der Waals surface area contributed by atoms with Gasteiger partial charge in [0, 0.05) is 0 Å². The van der Waals surface area contributed by atoms with E-state index in [9.17, 15) is 22.8 Å². The molecule has 1 N–H and O–H groups in total. The van der Waals surface area contributed by atoms with Crippen LogP contribution in [0.3, 0.4) is 0 Å². The number of halogens is 4. The molecule has 0 bridgehead atoms. The molecule has 1 aromatic carbocycles. The van der Waals surface area contributed by atoms with Gasteiger partial charge < -0.3 is 0 Å². The third kappa shape index (κ3) is 1.82. The van der Waals surface area contributed by atoms with E-state index in [2.05, 4.69) is 0 Å². The van der Waals surface area contributed by atoms with Gasteiger partial charge in [-0.1, -0.05) is 17.7 Å². The zero-order valence-electron chi connectivity index (χ0n) is 8.51. The molecule has 4 nitrogen and oxygen atoms in total. The van der Waals surface area contributed by atoms with Crippen LogP contribution in [0.4, 0.5) is 13.2 Å². The number of aromatic nitrogens is 2. The standard InChI is InChI=1S/C10H4ClF3N2O2/c11-8-7(14)9(17)16(10(18)15-8)5-3-1-2-4(12)6(5)13/h1-3H,(H,15,18). The van der Waals surface area contributed by atoms with Crippen LogP contribution in [0.15, 0.2) is 27.8 Å². The molecule has 0 aliphatic carbocycles. The summed E-state index contributed by atoms with van der Waals surface area (Å²) in [5.41, 5.74) is -3.33. The van der Waals surface area contributed by atoms with Crippen molar-refractivity contribution < 1.29 is 13.2 Å². The maximum absolute atomic E-state index is 13.4. The average molecular weight is 277 g/mol. The monoisotopic (exact) mass is 276 g/mol. The summed E-state index contributed by atoms with van der Waals surface area (Å²) in [6, 6.07) is 2.83. The van der Waals surface area contributed by atoms with Gasteiger partial charge in [-0.2, -0.15) is 4.39 Å². The van der Waals surface area contributed by atoms with Gasteiger partial charge in [0.05, 0.1) is 5.69 Å². The molecular formula is C10H4ClF3N2O2. The summed E-state index contributed by atoms with van der Waals surface area (Å²) in [7, 11) is 0. The van der Waals surface area contributed by atoms with Crippen LogP contribution in [0.1, 0.15) is 0 Å². The Morgan fingerprint density at radius 1 is 1.11 bits per heavy atom. The van der Waals surface area contributed by atoms with Crippen LogP contribution in [0.5, 0.6) is 0 Å². The molecule has 1 heterocycles. The number of hydrogen-bond acceptors (Lipinski definition) is 2. The van der Waals surface area contributed by atoms with E-state index in [1.165, 1.54) is 0 Å². The molecule has 18 heavy (non-hydrogen) atoms. The third-order valence-corrected chi connectivity index (χ3v) is 2.44. The van der Waals surface area contributed by atoms with E-state index >= 15 is 0 Å². The second-order valence-electron chi connectivity index (χ2n) is 3.27. The van der Waals surface area contributed by atoms with Gasteiger partial charge in [0.1, 0.15) is 0 Å². The van der Waals surface area contributed by atoms with Gasteiger partial charge in [0.15, 0.2) is 16.8 Å². The van der Waals surface area contributed by atoms with Gasteiger partial charge in [-0.05, 0) is 12.1 Å². The van der Waals surface area contributed by atoms with Crippen LogP contribution >= 0.6 is 11.6 Å². The van der Waals surface area contributed by atoms with E-state index in [1.54, 1.807) is 4.98 Å². The van der Waals surface area contributed by atoms with Gasteiger partial charge in [-0.15, -0.1) is 0 Å². The van der Waals surface area contributed by atoms with E-state index in [-0.39, 0.29) is 4.57 Å². The summed E-state index contributed by atoms with van der Waals surface area (Å²) in [5.74, 6) is -4.17. The number of hydrogen-bond donors (Lipinski definition) is 1. The quantitative estimate of drug-likeness (QED) is 0.804. The number of benzene rings is 1. The molecule has 0 saturated carbocycles. The summed E-state index contributed by atoms with van der Waals surface area (Å²) in [6.45, 7) is 0. The SMILES string of the molecule is O=c1[nH]c(Cl)c(F)c(=O)n1-c1cccc(F)c1F. The molecule has 94 valence electrons. The Kier molecular flexibility index (Phi) is 3.00. The lowest BCUT2D eigenvalue weighted by molar-refractivity contribution is 0.499. The van der Waals surface area contributed by atoms with Gasteiger partial charge in [-0.3, -0.25) is 9.78 Å². The highest BCUT2D eigenvalue weighted by atomic mass is 35.5. The fourth-order valence-electron chi connectivity index (χ4n) is 1.37. The minimum atomic E-state index is -1.46. The Morgan fingerprint density at radius 2 is 1.78 bits per heavy atom. The Balaban J connectivity index is 2.89. The molecule has 0 unspecified atom stereocenters. The van der Waals surface area contributed by atoms with E-state index in [0.29, 0.717) is 0 Å². The largest absolute Gasteiger partial charge is 0.334 e. The summed E-state index contributed by atoms with van der Waals surface area (Å²) >= 11 is 5.24. The fraction of sp³-hybridized carbons (Fsp3) is 0. The number of nitrogens with one attached hydrogen (secondary N) is 1. The predicted octanol–water partition coefficient (Wildman–Crippen LogP) is 1.60. The summed E-state index contributed by atoms with van der Waals surface area (Å²) in [4.78, 5) is 24.7. The maximum atomic E-state index is 13.4. The highest BCUT2D eigenvalue weighted by Crippen LogP contribution is 2.13. The van der Waals surface area contributed by atoms with Gasteiger partial charge >= 0.3 is 5.69 Å². The first-order valence-corrected chi connectivity index (χ1v) is 4.96. The molecular weight excluding hydrogens is 273 g/mol. The van der Waals surface area contributed by atoms with Crippen molar-refractivity contribution in [1.82, 2.24) is 9.55 Å². The predicted molar refractivity (Wildman–Crippen MR) is 57.5 cm³/mol. The van der Waals surface area contributed by atoms with Crippen LogP contribution in [0, 0.1) is 17.5 Å². The molecule has 0 atom stereocenters. The van der Waals surface area contributed by atoms with Crippen molar-refractivity contribution >= 4 is 11.6 Å². The second kappa shape index (κ2) is 4.34. The Labute approximate surface area is 102 Å². The molecule has 0 amide bonds. The molecule has 2 rings (SSSR count). The Hall–Kier alpha value is -2.02. The van der Waals surface area contributed by atoms with Crippen molar-refractivity contribution in [2.45, 2.75) is 0 Å².